The molecule has 3 unspecified atom stereocenters. The number of hydrogen-bond donors (Lipinski definition) is 1. The van der Waals surface area contributed by atoms with Crippen molar-refractivity contribution in [3.05, 3.63) is 0 Å². The highest BCUT2D eigenvalue weighted by atomic mass is 16.5. The molecule has 1 aliphatic carbocycles. The van der Waals surface area contributed by atoms with Crippen LogP contribution in [0.15, 0.2) is 0 Å². The van der Waals surface area contributed by atoms with E-state index in [-0.39, 0.29) is 0 Å². The van der Waals surface area contributed by atoms with Gasteiger partial charge in [-0.25, -0.2) is 0 Å². The fraction of sp³-hybridized carbons (Fsp3) is 1.00. The summed E-state index contributed by atoms with van der Waals surface area (Å²) in [7, 11) is 1.80. The maximum Gasteiger partial charge on any atom is 0.0615 e. The molecule has 0 bridgehead atoms. The lowest BCUT2D eigenvalue weighted by molar-refractivity contribution is 0.151. The summed E-state index contributed by atoms with van der Waals surface area (Å²) >= 11 is 0. The summed E-state index contributed by atoms with van der Waals surface area (Å²) in [6, 6.07) is 1.31. The zero-order valence-corrected chi connectivity index (χ0v) is 10.6. The molecule has 0 radical (unpaired) electrons. The summed E-state index contributed by atoms with van der Waals surface area (Å²) in [5.41, 5.74) is 0. The van der Waals surface area contributed by atoms with Gasteiger partial charge in [-0.3, -0.25) is 0 Å². The molecule has 0 saturated heterocycles. The molecule has 90 valence electrons. The second-order valence-electron chi connectivity index (χ2n) is 4.98. The molecule has 0 heterocycles. The van der Waals surface area contributed by atoms with E-state index >= 15 is 0 Å². The van der Waals surface area contributed by atoms with E-state index < -0.39 is 0 Å². The van der Waals surface area contributed by atoms with Crippen LogP contribution in [0, 0.1) is 5.92 Å². The van der Waals surface area contributed by atoms with Gasteiger partial charge in [0.1, 0.15) is 0 Å². The Labute approximate surface area is 94.8 Å². The van der Waals surface area contributed by atoms with Crippen molar-refractivity contribution in [3.8, 4) is 0 Å². The molecule has 1 rings (SSSR count). The topological polar surface area (TPSA) is 21.3 Å². The van der Waals surface area contributed by atoms with Crippen LogP contribution < -0.4 is 5.32 Å². The van der Waals surface area contributed by atoms with E-state index in [9.17, 15) is 0 Å². The molecule has 3 atom stereocenters. The molecule has 0 spiro atoms. The first-order valence-corrected chi connectivity index (χ1v) is 6.53. The lowest BCUT2D eigenvalue weighted by Crippen LogP contribution is -2.42. The second-order valence-corrected chi connectivity index (χ2v) is 4.98. The third kappa shape index (κ3) is 4.52. The quantitative estimate of drug-likeness (QED) is 0.702. The molecule has 0 aromatic carbocycles. The van der Waals surface area contributed by atoms with Crippen LogP contribution in [0.4, 0.5) is 0 Å². The lowest BCUT2D eigenvalue weighted by atomic mass is 10.0. The maximum absolute atomic E-state index is 5.28. The highest BCUT2D eigenvalue weighted by Crippen LogP contribution is 2.25. The highest BCUT2D eigenvalue weighted by molar-refractivity contribution is 4.83. The van der Waals surface area contributed by atoms with E-state index in [1.807, 2.05) is 0 Å². The normalized spacial score (nSPS) is 28.2. The number of hydrogen-bond acceptors (Lipinski definition) is 2. The molecule has 0 aromatic heterocycles. The van der Waals surface area contributed by atoms with Gasteiger partial charge in [0.25, 0.3) is 0 Å². The minimum absolute atomic E-state index is 0.570. The molecule has 2 heteroatoms. The highest BCUT2D eigenvalue weighted by Gasteiger charge is 2.25. The first kappa shape index (κ1) is 13.0. The Bertz CT molecular complexity index is 161. The van der Waals surface area contributed by atoms with Gasteiger partial charge < -0.3 is 10.1 Å². The Kier molecular flexibility index (Phi) is 6.26. The van der Waals surface area contributed by atoms with Crippen LogP contribution in [0.3, 0.4) is 0 Å². The van der Waals surface area contributed by atoms with E-state index in [4.69, 9.17) is 4.74 Å². The monoisotopic (exact) mass is 213 g/mol. The average Bonchev–Trinajstić information content (AvgIpc) is 2.61. The third-order valence-corrected chi connectivity index (χ3v) is 3.59. The minimum atomic E-state index is 0.570. The Hall–Kier alpha value is -0.0800. The van der Waals surface area contributed by atoms with E-state index in [2.05, 4.69) is 19.2 Å². The van der Waals surface area contributed by atoms with E-state index in [1.54, 1.807) is 7.11 Å². The molecule has 1 N–H and O–H groups in total. The number of rotatable bonds is 7. The van der Waals surface area contributed by atoms with Gasteiger partial charge >= 0.3 is 0 Å². The van der Waals surface area contributed by atoms with Crippen molar-refractivity contribution in [2.24, 2.45) is 5.92 Å². The fourth-order valence-electron chi connectivity index (χ4n) is 2.56. The molecular weight excluding hydrogens is 186 g/mol. The zero-order valence-electron chi connectivity index (χ0n) is 10.6. The Balaban J connectivity index is 2.28. The van der Waals surface area contributed by atoms with Gasteiger partial charge in [0.05, 0.1) is 6.61 Å². The van der Waals surface area contributed by atoms with Gasteiger partial charge in [-0.1, -0.05) is 33.1 Å². The maximum atomic E-state index is 5.28. The van der Waals surface area contributed by atoms with Crippen molar-refractivity contribution >= 4 is 0 Å². The third-order valence-electron chi connectivity index (χ3n) is 3.59. The van der Waals surface area contributed by atoms with Crippen molar-refractivity contribution in [2.45, 2.75) is 64.5 Å². The molecule has 0 amide bonds. The first-order valence-electron chi connectivity index (χ1n) is 6.53. The molecule has 0 aromatic rings. The van der Waals surface area contributed by atoms with E-state index in [0.717, 1.165) is 18.6 Å². The largest absolute Gasteiger partial charge is 0.383 e. The van der Waals surface area contributed by atoms with Crippen molar-refractivity contribution in [3.63, 3.8) is 0 Å². The van der Waals surface area contributed by atoms with Crippen molar-refractivity contribution < 1.29 is 4.74 Å². The lowest BCUT2D eigenvalue weighted by Gasteiger charge is -2.25. The van der Waals surface area contributed by atoms with Crippen LogP contribution in [-0.2, 0) is 4.74 Å². The summed E-state index contributed by atoms with van der Waals surface area (Å²) in [4.78, 5) is 0. The number of unbranched alkanes of at least 4 members (excludes halogenated alkanes) is 1. The average molecular weight is 213 g/mol. The predicted molar refractivity (Wildman–Crippen MR) is 65.1 cm³/mol. The standard InChI is InChI=1S/C13H27NO/c1-4-5-8-12(10-15-3)14-13-9-6-7-11(13)2/h11-14H,4-10H2,1-3H3. The SMILES string of the molecule is CCCCC(COC)NC1CCCC1C. The molecule has 1 saturated carbocycles. The first-order chi connectivity index (χ1) is 7.27. The van der Waals surface area contributed by atoms with Gasteiger partial charge in [-0.2, -0.15) is 0 Å². The van der Waals surface area contributed by atoms with Crippen LogP contribution in [0.25, 0.3) is 0 Å². The second kappa shape index (κ2) is 7.24. The van der Waals surface area contributed by atoms with Crippen molar-refractivity contribution in [1.29, 1.82) is 0 Å². The Morgan fingerprint density at radius 1 is 1.40 bits per heavy atom. The van der Waals surface area contributed by atoms with Crippen LogP contribution in [-0.4, -0.2) is 25.8 Å². The number of methoxy groups -OCH3 is 1. The summed E-state index contributed by atoms with van der Waals surface area (Å²) in [6.45, 7) is 5.49. The summed E-state index contributed by atoms with van der Waals surface area (Å²) in [5.74, 6) is 0.853. The van der Waals surface area contributed by atoms with Crippen molar-refractivity contribution in [2.75, 3.05) is 13.7 Å². The molecule has 1 aliphatic rings. The predicted octanol–water partition coefficient (Wildman–Crippen LogP) is 2.97. The summed E-state index contributed by atoms with van der Waals surface area (Å²) in [6.07, 6.45) is 7.99. The van der Waals surface area contributed by atoms with Gasteiger partial charge in [0.15, 0.2) is 0 Å². The molecule has 0 aliphatic heterocycles. The van der Waals surface area contributed by atoms with Crippen LogP contribution in [0.5, 0.6) is 0 Å². The fourth-order valence-corrected chi connectivity index (χ4v) is 2.56. The van der Waals surface area contributed by atoms with Gasteiger partial charge in [0.2, 0.25) is 0 Å². The van der Waals surface area contributed by atoms with Crippen LogP contribution >= 0.6 is 0 Å². The Morgan fingerprint density at radius 3 is 2.73 bits per heavy atom. The van der Waals surface area contributed by atoms with E-state index in [1.165, 1.54) is 38.5 Å². The van der Waals surface area contributed by atoms with Gasteiger partial charge in [-0.15, -0.1) is 0 Å². The van der Waals surface area contributed by atoms with Crippen molar-refractivity contribution in [1.82, 2.24) is 5.32 Å². The summed E-state index contributed by atoms with van der Waals surface area (Å²) < 4.78 is 5.28. The minimum Gasteiger partial charge on any atom is -0.383 e. The zero-order chi connectivity index (χ0) is 11.1. The molecule has 1 fully saturated rings. The molecular formula is C13H27NO. The van der Waals surface area contributed by atoms with Gasteiger partial charge in [-0.05, 0) is 25.2 Å². The summed E-state index contributed by atoms with van der Waals surface area (Å²) in [5, 5.41) is 3.78. The van der Waals surface area contributed by atoms with Gasteiger partial charge in [0, 0.05) is 19.2 Å². The van der Waals surface area contributed by atoms with E-state index in [0.29, 0.717) is 6.04 Å². The smallest absolute Gasteiger partial charge is 0.0615 e. The number of nitrogens with one attached hydrogen (secondary N) is 1. The Morgan fingerprint density at radius 2 is 2.20 bits per heavy atom. The molecule has 2 nitrogen and oxygen atoms in total. The van der Waals surface area contributed by atoms with Crippen LogP contribution in [0.1, 0.15) is 52.4 Å². The number of ether oxygens (including phenoxy) is 1. The molecule has 15 heavy (non-hydrogen) atoms. The van der Waals surface area contributed by atoms with Crippen LogP contribution in [0.2, 0.25) is 0 Å².